The largest absolute Gasteiger partial charge is 0.378 e. The van der Waals surface area contributed by atoms with Crippen molar-refractivity contribution in [2.75, 3.05) is 12.4 Å². The van der Waals surface area contributed by atoms with Crippen LogP contribution in [-0.2, 0) is 13.8 Å². The van der Waals surface area contributed by atoms with Crippen molar-refractivity contribution in [2.45, 2.75) is 59.0 Å². The van der Waals surface area contributed by atoms with Crippen molar-refractivity contribution in [3.63, 3.8) is 0 Å². The lowest BCUT2D eigenvalue weighted by atomic mass is 9.70. The molecule has 0 aliphatic heterocycles. The van der Waals surface area contributed by atoms with E-state index in [2.05, 4.69) is 20.8 Å². The van der Waals surface area contributed by atoms with Gasteiger partial charge in [0.1, 0.15) is 0 Å². The molecule has 0 radical (unpaired) electrons. The zero-order valence-electron chi connectivity index (χ0n) is 12.1. The highest BCUT2D eigenvalue weighted by Gasteiger charge is 2.61. The van der Waals surface area contributed by atoms with Gasteiger partial charge in [0.15, 0.2) is 0 Å². The van der Waals surface area contributed by atoms with Crippen molar-refractivity contribution in [1.82, 2.24) is 0 Å². The molecule has 0 aromatic carbocycles. The van der Waals surface area contributed by atoms with Gasteiger partial charge in [0.25, 0.3) is 0 Å². The second-order valence-electron chi connectivity index (χ2n) is 6.92. The van der Waals surface area contributed by atoms with E-state index in [1.807, 2.05) is 0 Å². The summed E-state index contributed by atoms with van der Waals surface area (Å²) in [7, 11) is 1.84. The number of unbranched alkanes of at least 4 members (excludes halogenated alkanes) is 1. The fraction of sp³-hybridized carbons (Fsp3) is 1.00. The first-order valence-corrected chi connectivity index (χ1v) is 9.68. The maximum atomic E-state index is 10.8. The molecule has 2 rings (SSSR count). The molecular formula is C14H25ClO3S. The van der Waals surface area contributed by atoms with Gasteiger partial charge in [-0.1, -0.05) is 20.8 Å². The molecule has 3 nitrogen and oxygen atoms in total. The Balaban J connectivity index is 1.77. The van der Waals surface area contributed by atoms with Gasteiger partial charge in [0, 0.05) is 17.3 Å². The summed E-state index contributed by atoms with van der Waals surface area (Å²) in [6.45, 7) is 7.74. The van der Waals surface area contributed by atoms with Crippen molar-refractivity contribution >= 4 is 19.7 Å². The molecule has 0 N–H and O–H groups in total. The monoisotopic (exact) mass is 308 g/mol. The molecule has 0 heterocycles. The van der Waals surface area contributed by atoms with Crippen LogP contribution < -0.4 is 0 Å². The second kappa shape index (κ2) is 5.19. The highest BCUT2D eigenvalue weighted by Crippen LogP contribution is 2.66. The van der Waals surface area contributed by atoms with Gasteiger partial charge < -0.3 is 4.74 Å². The summed E-state index contributed by atoms with van der Waals surface area (Å²) in [6, 6.07) is 0. The summed E-state index contributed by atoms with van der Waals surface area (Å²) in [6.07, 6.45) is 5.44. The Hall–Kier alpha value is 0.200. The van der Waals surface area contributed by atoms with E-state index in [1.54, 1.807) is 0 Å². The van der Waals surface area contributed by atoms with E-state index in [-0.39, 0.29) is 11.2 Å². The second-order valence-corrected chi connectivity index (χ2v) is 9.82. The molecule has 19 heavy (non-hydrogen) atoms. The van der Waals surface area contributed by atoms with Gasteiger partial charge in [-0.25, -0.2) is 8.42 Å². The van der Waals surface area contributed by atoms with Crippen LogP contribution in [0, 0.1) is 16.7 Å². The first-order chi connectivity index (χ1) is 8.67. The van der Waals surface area contributed by atoms with Crippen molar-refractivity contribution in [2.24, 2.45) is 16.7 Å². The van der Waals surface area contributed by atoms with Gasteiger partial charge in [0.2, 0.25) is 9.05 Å². The third-order valence-electron chi connectivity index (χ3n) is 5.82. The SMILES string of the molecule is CC1(C)C2CCC1(C)C(OCCCCS(=O)(=O)Cl)C2. The van der Waals surface area contributed by atoms with Gasteiger partial charge in [-0.05, 0) is 48.9 Å². The minimum atomic E-state index is -3.35. The highest BCUT2D eigenvalue weighted by atomic mass is 35.7. The number of halogens is 1. The van der Waals surface area contributed by atoms with Crippen LogP contribution in [0.25, 0.3) is 0 Å². The van der Waals surface area contributed by atoms with Crippen LogP contribution in [0.2, 0.25) is 0 Å². The Kier molecular flexibility index (Phi) is 4.26. The number of fused-ring (bicyclic) bond motifs is 2. The van der Waals surface area contributed by atoms with Crippen molar-refractivity contribution in [3.05, 3.63) is 0 Å². The fourth-order valence-electron chi connectivity index (χ4n) is 3.98. The minimum absolute atomic E-state index is 0.0496. The van der Waals surface area contributed by atoms with E-state index in [9.17, 15) is 8.42 Å². The average Bonchev–Trinajstić information content (AvgIpc) is 2.59. The summed E-state index contributed by atoms with van der Waals surface area (Å²) in [5.41, 5.74) is 0.660. The van der Waals surface area contributed by atoms with Crippen LogP contribution in [-0.4, -0.2) is 26.9 Å². The Morgan fingerprint density at radius 1 is 1.26 bits per heavy atom. The zero-order chi connectivity index (χ0) is 14.3. The lowest BCUT2D eigenvalue weighted by molar-refractivity contribution is -0.0471. The molecule has 0 spiro atoms. The summed E-state index contributed by atoms with van der Waals surface area (Å²) >= 11 is 0. The Bertz CT molecular complexity index is 432. The quantitative estimate of drug-likeness (QED) is 0.556. The molecule has 0 aromatic heterocycles. The van der Waals surface area contributed by atoms with Gasteiger partial charge in [-0.2, -0.15) is 0 Å². The molecule has 3 unspecified atom stereocenters. The smallest absolute Gasteiger partial charge is 0.232 e. The number of hydrogen-bond donors (Lipinski definition) is 0. The Morgan fingerprint density at radius 2 is 1.95 bits per heavy atom. The molecule has 3 atom stereocenters. The van der Waals surface area contributed by atoms with Crippen molar-refractivity contribution < 1.29 is 13.2 Å². The van der Waals surface area contributed by atoms with E-state index in [0.717, 1.165) is 18.8 Å². The summed E-state index contributed by atoms with van der Waals surface area (Å²) in [5.74, 6) is 0.833. The van der Waals surface area contributed by atoms with Crippen molar-refractivity contribution in [1.29, 1.82) is 0 Å². The standard InChI is InChI=1S/C14H25ClO3S/c1-13(2)11-6-7-14(13,3)12(10-11)18-8-4-5-9-19(15,16)17/h11-12H,4-10H2,1-3H3. The molecule has 2 bridgehead atoms. The predicted molar refractivity (Wildman–Crippen MR) is 77.8 cm³/mol. The first-order valence-electron chi connectivity index (χ1n) is 7.21. The van der Waals surface area contributed by atoms with Gasteiger partial charge in [-0.3, -0.25) is 0 Å². The molecule has 2 fully saturated rings. The molecule has 112 valence electrons. The highest BCUT2D eigenvalue weighted by molar-refractivity contribution is 8.13. The van der Waals surface area contributed by atoms with Gasteiger partial charge >= 0.3 is 0 Å². The van der Waals surface area contributed by atoms with Crippen LogP contribution in [0.15, 0.2) is 0 Å². The molecule has 2 aliphatic carbocycles. The summed E-state index contributed by atoms with van der Waals surface area (Å²) < 4.78 is 27.7. The van der Waals surface area contributed by atoms with Gasteiger partial charge in [0.05, 0.1) is 11.9 Å². The number of hydrogen-bond acceptors (Lipinski definition) is 3. The average molecular weight is 309 g/mol. The van der Waals surface area contributed by atoms with E-state index in [4.69, 9.17) is 15.4 Å². The molecule has 2 aliphatic rings. The van der Waals surface area contributed by atoms with Crippen LogP contribution in [0.1, 0.15) is 52.9 Å². The molecule has 5 heteroatoms. The lowest BCUT2D eigenvalue weighted by Crippen LogP contribution is -2.37. The van der Waals surface area contributed by atoms with Crippen LogP contribution in [0.3, 0.4) is 0 Å². The van der Waals surface area contributed by atoms with Crippen LogP contribution >= 0.6 is 10.7 Å². The van der Waals surface area contributed by atoms with E-state index in [1.165, 1.54) is 12.8 Å². The zero-order valence-corrected chi connectivity index (χ0v) is 13.7. The maximum Gasteiger partial charge on any atom is 0.232 e. The predicted octanol–water partition coefficient (Wildman–Crippen LogP) is 3.57. The summed E-state index contributed by atoms with van der Waals surface area (Å²) in [5, 5.41) is 0. The number of ether oxygens (including phenoxy) is 1. The number of rotatable bonds is 6. The van der Waals surface area contributed by atoms with E-state index < -0.39 is 9.05 Å². The van der Waals surface area contributed by atoms with E-state index in [0.29, 0.717) is 24.5 Å². The maximum absolute atomic E-state index is 10.8. The minimum Gasteiger partial charge on any atom is -0.378 e. The Morgan fingerprint density at radius 3 is 2.42 bits per heavy atom. The first kappa shape index (κ1) is 15.6. The lowest BCUT2D eigenvalue weighted by Gasteiger charge is -2.38. The molecule has 0 amide bonds. The van der Waals surface area contributed by atoms with Crippen LogP contribution in [0.5, 0.6) is 0 Å². The topological polar surface area (TPSA) is 43.4 Å². The molecule has 0 saturated heterocycles. The third kappa shape index (κ3) is 2.96. The summed E-state index contributed by atoms with van der Waals surface area (Å²) in [4.78, 5) is 0. The van der Waals surface area contributed by atoms with Crippen LogP contribution in [0.4, 0.5) is 0 Å². The molecule has 2 saturated carbocycles. The normalized spacial score (nSPS) is 36.8. The molecular weight excluding hydrogens is 284 g/mol. The van der Waals surface area contributed by atoms with Crippen molar-refractivity contribution in [3.8, 4) is 0 Å². The Labute approximate surface area is 121 Å². The van der Waals surface area contributed by atoms with Gasteiger partial charge in [-0.15, -0.1) is 0 Å². The fourth-order valence-corrected chi connectivity index (χ4v) is 4.86. The molecule has 0 aromatic rings. The third-order valence-corrected chi connectivity index (χ3v) is 7.05. The van der Waals surface area contributed by atoms with E-state index >= 15 is 0 Å².